The van der Waals surface area contributed by atoms with E-state index in [9.17, 15) is 19.5 Å². The molecule has 0 radical (unpaired) electrons. The van der Waals surface area contributed by atoms with Crippen LogP contribution in [0, 0.1) is 34.0 Å². The smallest absolute Gasteiger partial charge is 0.302 e. The first-order chi connectivity index (χ1) is 12.5. The Bertz CT molecular complexity index is 765. The third-order valence-corrected chi connectivity index (χ3v) is 8.50. The Balaban J connectivity index is 1.80. The number of esters is 1. The van der Waals surface area contributed by atoms with Gasteiger partial charge in [-0.3, -0.25) is 14.4 Å². The minimum atomic E-state index is -0.918. The number of hydrogen-bond donors (Lipinski definition) is 1. The number of allylic oxidation sites excluding steroid dienone is 1. The highest BCUT2D eigenvalue weighted by atomic mass is 16.5. The van der Waals surface area contributed by atoms with Crippen LogP contribution in [0.3, 0.4) is 0 Å². The monoisotopic (exact) mass is 374 g/mol. The van der Waals surface area contributed by atoms with Crippen molar-refractivity contribution < 1.29 is 24.2 Å². The number of Topliss-reactive ketones (excluding diaryl/α,β-unsaturated/α-hetero) is 2. The van der Waals surface area contributed by atoms with E-state index in [1.807, 2.05) is 13.0 Å². The Hall–Kier alpha value is -1.49. The van der Waals surface area contributed by atoms with Gasteiger partial charge < -0.3 is 9.84 Å². The molecule has 5 heteroatoms. The quantitative estimate of drug-likeness (QED) is 0.434. The SMILES string of the molecule is CC(=O)O[C@H]1CCC2(C)C3CC(=O)C4C(=O)[C@]3(C=C4C)[C@H](O)C[C@H]2C1(C)C. The molecule has 7 atom stereocenters. The fraction of sp³-hybridized carbons (Fsp3) is 0.773. The van der Waals surface area contributed by atoms with Crippen molar-refractivity contribution in [3.8, 4) is 0 Å². The zero-order valence-corrected chi connectivity index (χ0v) is 16.9. The van der Waals surface area contributed by atoms with Crippen LogP contribution in [0.2, 0.25) is 0 Å². The lowest BCUT2D eigenvalue weighted by Gasteiger charge is -2.65. The van der Waals surface area contributed by atoms with E-state index in [1.54, 1.807) is 0 Å². The second kappa shape index (κ2) is 5.53. The van der Waals surface area contributed by atoms with Crippen molar-refractivity contribution in [2.24, 2.45) is 34.0 Å². The zero-order valence-electron chi connectivity index (χ0n) is 16.9. The highest BCUT2D eigenvalue weighted by Crippen LogP contribution is 2.69. The third kappa shape index (κ3) is 2.18. The van der Waals surface area contributed by atoms with Gasteiger partial charge in [-0.25, -0.2) is 0 Å². The Morgan fingerprint density at radius 3 is 2.52 bits per heavy atom. The molecular formula is C22H30O5. The maximum absolute atomic E-state index is 13.3. The lowest BCUT2D eigenvalue weighted by atomic mass is 9.39. The molecule has 0 aromatic carbocycles. The number of carbonyl (C=O) groups is 3. The summed E-state index contributed by atoms with van der Waals surface area (Å²) in [6.07, 6.45) is 3.27. The number of ether oxygens (including phenoxy) is 1. The van der Waals surface area contributed by atoms with Gasteiger partial charge in [0, 0.05) is 18.8 Å². The minimum Gasteiger partial charge on any atom is -0.462 e. The molecule has 0 aliphatic heterocycles. The summed E-state index contributed by atoms with van der Waals surface area (Å²) in [5.74, 6) is -1.15. The number of aliphatic hydroxyl groups is 1. The van der Waals surface area contributed by atoms with E-state index in [0.717, 1.165) is 18.4 Å². The number of carbonyl (C=O) groups excluding carboxylic acids is 3. The average Bonchev–Trinajstić information content (AvgIpc) is 2.73. The van der Waals surface area contributed by atoms with E-state index in [1.165, 1.54) is 6.92 Å². The number of hydrogen-bond acceptors (Lipinski definition) is 5. The molecule has 2 bridgehead atoms. The standard InChI is InChI=1S/C22H30O5/c1-11-10-22-15(8-13(24)18(11)19(22)26)21(5)7-6-17(27-12(2)23)20(3,4)14(21)9-16(22)25/h10,14-18,25H,6-9H2,1-5H3/t14-,15?,16+,17-,18?,21?,22-/m0/s1. The molecule has 5 nitrogen and oxygen atoms in total. The maximum atomic E-state index is 13.3. The topological polar surface area (TPSA) is 80.7 Å². The van der Waals surface area contributed by atoms with Crippen molar-refractivity contribution in [1.29, 1.82) is 0 Å². The van der Waals surface area contributed by atoms with E-state index in [4.69, 9.17) is 4.74 Å². The van der Waals surface area contributed by atoms with E-state index in [-0.39, 0.29) is 46.3 Å². The molecule has 0 amide bonds. The van der Waals surface area contributed by atoms with Gasteiger partial charge in [-0.15, -0.1) is 0 Å². The van der Waals surface area contributed by atoms with Gasteiger partial charge in [0.2, 0.25) is 0 Å². The largest absolute Gasteiger partial charge is 0.462 e. The molecule has 3 unspecified atom stereocenters. The highest BCUT2D eigenvalue weighted by Gasteiger charge is 2.71. The van der Waals surface area contributed by atoms with Crippen LogP contribution in [-0.4, -0.2) is 34.9 Å². The van der Waals surface area contributed by atoms with Gasteiger partial charge in [0.1, 0.15) is 11.9 Å². The first-order valence-corrected chi connectivity index (χ1v) is 10.1. The number of aliphatic hydroxyl groups excluding tert-OH is 1. The Labute approximate surface area is 160 Å². The summed E-state index contributed by atoms with van der Waals surface area (Å²) in [6.45, 7) is 9.65. The van der Waals surface area contributed by atoms with Crippen molar-refractivity contribution in [3.05, 3.63) is 11.6 Å². The second-order valence-corrected chi connectivity index (χ2v) is 10.1. The van der Waals surface area contributed by atoms with E-state index in [2.05, 4.69) is 20.8 Å². The van der Waals surface area contributed by atoms with E-state index < -0.39 is 17.4 Å². The molecule has 4 aliphatic rings. The fourth-order valence-corrected chi connectivity index (χ4v) is 7.30. The van der Waals surface area contributed by atoms with Gasteiger partial charge >= 0.3 is 5.97 Å². The molecule has 27 heavy (non-hydrogen) atoms. The molecule has 148 valence electrons. The average molecular weight is 374 g/mol. The summed E-state index contributed by atoms with van der Waals surface area (Å²) in [6, 6.07) is 0. The highest BCUT2D eigenvalue weighted by molar-refractivity contribution is 6.13. The van der Waals surface area contributed by atoms with Crippen LogP contribution in [0.15, 0.2) is 11.6 Å². The van der Waals surface area contributed by atoms with Crippen molar-refractivity contribution in [3.63, 3.8) is 0 Å². The molecule has 4 rings (SSSR count). The predicted molar refractivity (Wildman–Crippen MR) is 98.6 cm³/mol. The van der Waals surface area contributed by atoms with Crippen LogP contribution in [0.1, 0.15) is 60.3 Å². The van der Waals surface area contributed by atoms with Crippen LogP contribution >= 0.6 is 0 Å². The lowest BCUT2D eigenvalue weighted by molar-refractivity contribution is -0.213. The maximum Gasteiger partial charge on any atom is 0.302 e. The Kier molecular flexibility index (Phi) is 3.86. The first-order valence-electron chi connectivity index (χ1n) is 10.1. The zero-order chi connectivity index (χ0) is 19.9. The van der Waals surface area contributed by atoms with E-state index in [0.29, 0.717) is 12.8 Å². The summed E-state index contributed by atoms with van der Waals surface area (Å²) in [5, 5.41) is 11.2. The molecule has 0 saturated heterocycles. The number of fused-ring (bicyclic) bond motifs is 3. The molecule has 0 aromatic rings. The summed E-state index contributed by atoms with van der Waals surface area (Å²) < 4.78 is 5.62. The van der Waals surface area contributed by atoms with Crippen LogP contribution < -0.4 is 0 Å². The van der Waals surface area contributed by atoms with Crippen molar-refractivity contribution in [2.45, 2.75) is 72.5 Å². The van der Waals surface area contributed by atoms with Crippen LogP contribution in [0.4, 0.5) is 0 Å². The van der Waals surface area contributed by atoms with E-state index >= 15 is 0 Å². The summed E-state index contributed by atoms with van der Waals surface area (Å²) in [7, 11) is 0. The third-order valence-electron chi connectivity index (χ3n) is 8.50. The molecule has 0 heterocycles. The molecule has 4 aliphatic carbocycles. The van der Waals surface area contributed by atoms with Gasteiger partial charge in [0.15, 0.2) is 5.78 Å². The molecule has 1 spiro atoms. The molecule has 1 N–H and O–H groups in total. The van der Waals surface area contributed by atoms with Crippen molar-refractivity contribution >= 4 is 17.5 Å². The minimum absolute atomic E-state index is 0.000801. The molecular weight excluding hydrogens is 344 g/mol. The molecule has 0 aromatic heterocycles. The Morgan fingerprint density at radius 2 is 1.89 bits per heavy atom. The van der Waals surface area contributed by atoms with Crippen molar-refractivity contribution in [1.82, 2.24) is 0 Å². The normalized spacial score (nSPS) is 47.8. The van der Waals surface area contributed by atoms with Crippen LogP contribution in [-0.2, 0) is 19.1 Å². The molecule has 3 saturated carbocycles. The van der Waals surface area contributed by atoms with Gasteiger partial charge in [0.05, 0.1) is 17.4 Å². The second-order valence-electron chi connectivity index (χ2n) is 10.1. The van der Waals surface area contributed by atoms with Crippen LogP contribution in [0.5, 0.6) is 0 Å². The predicted octanol–water partition coefficient (Wildman–Crippen LogP) is 2.85. The summed E-state index contributed by atoms with van der Waals surface area (Å²) in [5.41, 5.74) is -0.696. The van der Waals surface area contributed by atoms with Gasteiger partial charge in [-0.05, 0) is 43.4 Å². The molecule has 3 fully saturated rings. The fourth-order valence-electron chi connectivity index (χ4n) is 7.30. The number of ketones is 2. The van der Waals surface area contributed by atoms with Crippen LogP contribution in [0.25, 0.3) is 0 Å². The van der Waals surface area contributed by atoms with Gasteiger partial charge in [0.25, 0.3) is 0 Å². The summed E-state index contributed by atoms with van der Waals surface area (Å²) in [4.78, 5) is 37.7. The lowest BCUT2D eigenvalue weighted by Crippen LogP contribution is -2.67. The van der Waals surface area contributed by atoms with Gasteiger partial charge in [-0.1, -0.05) is 32.4 Å². The number of rotatable bonds is 1. The summed E-state index contributed by atoms with van der Waals surface area (Å²) >= 11 is 0. The first kappa shape index (κ1) is 18.9. The Morgan fingerprint density at radius 1 is 1.22 bits per heavy atom. The van der Waals surface area contributed by atoms with Gasteiger partial charge in [-0.2, -0.15) is 0 Å². The van der Waals surface area contributed by atoms with Crippen molar-refractivity contribution in [2.75, 3.05) is 0 Å².